The molecule has 1 radical (unpaired) electrons. The fraction of sp³-hybridized carbons (Fsp3) is 0.0909. The molecule has 0 atom stereocenters. The van der Waals surface area contributed by atoms with Crippen molar-refractivity contribution in [3.8, 4) is 11.1 Å². The average Bonchev–Trinajstić information content (AvgIpc) is 3.10. The molecule has 0 aromatic heterocycles. The van der Waals surface area contributed by atoms with Crippen molar-refractivity contribution in [2.24, 2.45) is 0 Å². The number of anilines is 3. The van der Waals surface area contributed by atoms with Gasteiger partial charge in [0.1, 0.15) is 0 Å². The van der Waals surface area contributed by atoms with Crippen molar-refractivity contribution in [2.45, 2.75) is 19.3 Å². The van der Waals surface area contributed by atoms with Crippen molar-refractivity contribution in [1.82, 2.24) is 0 Å². The second kappa shape index (κ2) is 9.52. The van der Waals surface area contributed by atoms with E-state index in [0.29, 0.717) is 0 Å². The lowest BCUT2D eigenvalue weighted by Crippen LogP contribution is -2.17. The molecular weight excluding hydrogens is 437 g/mol. The summed E-state index contributed by atoms with van der Waals surface area (Å²) in [6.45, 7) is 12.8. The first-order valence-electron chi connectivity index (χ1n) is 12.1. The molecule has 3 heteroatoms. The monoisotopic (exact) mass is 466 g/mol. The zero-order valence-corrected chi connectivity index (χ0v) is 20.8. The molecule has 0 saturated heterocycles. The van der Waals surface area contributed by atoms with Crippen LogP contribution in [0.4, 0.5) is 17.1 Å². The van der Waals surface area contributed by atoms with Gasteiger partial charge in [0.25, 0.3) is 0 Å². The molecule has 4 aromatic carbocycles. The third-order valence-electron chi connectivity index (χ3n) is 7.12. The summed E-state index contributed by atoms with van der Waals surface area (Å²) >= 11 is 0. The summed E-state index contributed by atoms with van der Waals surface area (Å²) in [5.74, 6) is 0. The Kier molecular flexibility index (Phi) is 6.26. The average molecular weight is 466 g/mol. The number of hydrogen-bond donors (Lipinski definition) is 1. The molecule has 0 unspecified atom stereocenters. The van der Waals surface area contributed by atoms with Crippen LogP contribution in [0.5, 0.6) is 0 Å². The van der Waals surface area contributed by atoms with E-state index in [1.807, 2.05) is 36.4 Å². The van der Waals surface area contributed by atoms with Gasteiger partial charge in [-0.05, 0) is 69.8 Å². The van der Waals surface area contributed by atoms with Crippen LogP contribution in [0.1, 0.15) is 25.0 Å². The highest BCUT2D eigenvalue weighted by molar-refractivity contribution is 6.45. The summed E-state index contributed by atoms with van der Waals surface area (Å²) in [7, 11) is 1.12. The summed E-state index contributed by atoms with van der Waals surface area (Å²) in [4.78, 5) is 2.25. The molecule has 175 valence electrons. The van der Waals surface area contributed by atoms with Crippen LogP contribution in [0.3, 0.4) is 0 Å². The van der Waals surface area contributed by atoms with E-state index in [0.717, 1.165) is 41.2 Å². The predicted molar refractivity (Wildman–Crippen MR) is 155 cm³/mol. The van der Waals surface area contributed by atoms with E-state index in [-0.39, 0.29) is 5.41 Å². The summed E-state index contributed by atoms with van der Waals surface area (Å²) in [6.07, 6.45) is 3.89. The Morgan fingerprint density at radius 2 is 1.36 bits per heavy atom. The van der Waals surface area contributed by atoms with Crippen LogP contribution in [0.2, 0.25) is 0 Å². The van der Waals surface area contributed by atoms with Gasteiger partial charge in [0, 0.05) is 22.5 Å². The number of rotatable bonds is 6. The standard InChI is InChI=1S/C33H29BNO/c1-5-9-30-23(2)33(3,4)32-22-29(20-21-31(30)32)35(28-18-14-26(34-36)15-19-28)27-16-12-25(13-17-27)24-10-7-6-8-11-24/h5-22,36H,1-2H2,3-4H3/b30-9+. The van der Waals surface area contributed by atoms with Gasteiger partial charge in [-0.15, -0.1) is 0 Å². The lowest BCUT2D eigenvalue weighted by Gasteiger charge is -2.28. The second-order valence-corrected chi connectivity index (χ2v) is 9.62. The molecule has 5 rings (SSSR count). The third kappa shape index (κ3) is 4.12. The minimum atomic E-state index is -0.182. The topological polar surface area (TPSA) is 23.5 Å². The molecule has 1 aliphatic carbocycles. The lowest BCUT2D eigenvalue weighted by molar-refractivity contribution is 0.615. The van der Waals surface area contributed by atoms with Crippen LogP contribution in [-0.4, -0.2) is 12.5 Å². The molecule has 0 amide bonds. The van der Waals surface area contributed by atoms with Gasteiger partial charge in [-0.2, -0.15) is 0 Å². The van der Waals surface area contributed by atoms with Crippen molar-refractivity contribution in [1.29, 1.82) is 0 Å². The Hall–Kier alpha value is -4.08. The van der Waals surface area contributed by atoms with Gasteiger partial charge in [-0.25, -0.2) is 0 Å². The van der Waals surface area contributed by atoms with E-state index in [9.17, 15) is 5.02 Å². The lowest BCUT2D eigenvalue weighted by atomic mass is 9.83. The van der Waals surface area contributed by atoms with Crippen LogP contribution >= 0.6 is 0 Å². The van der Waals surface area contributed by atoms with Crippen LogP contribution in [0.15, 0.2) is 128 Å². The maximum Gasteiger partial charge on any atom is 0.326 e. The number of benzene rings is 4. The maximum absolute atomic E-state index is 9.44. The minimum Gasteiger partial charge on any atom is -0.450 e. The zero-order chi connectivity index (χ0) is 25.3. The van der Waals surface area contributed by atoms with Gasteiger partial charge >= 0.3 is 7.48 Å². The smallest absolute Gasteiger partial charge is 0.326 e. The van der Waals surface area contributed by atoms with E-state index < -0.39 is 0 Å². The van der Waals surface area contributed by atoms with Crippen molar-refractivity contribution in [3.05, 3.63) is 139 Å². The maximum atomic E-state index is 9.44. The first-order chi connectivity index (χ1) is 17.4. The van der Waals surface area contributed by atoms with Crippen molar-refractivity contribution < 1.29 is 5.02 Å². The van der Waals surface area contributed by atoms with Crippen LogP contribution in [-0.2, 0) is 5.41 Å². The molecule has 0 spiro atoms. The summed E-state index contributed by atoms with van der Waals surface area (Å²) in [5.41, 5.74) is 10.8. The molecular formula is C33H29BNO. The Balaban J connectivity index is 1.63. The second-order valence-electron chi connectivity index (χ2n) is 9.62. The van der Waals surface area contributed by atoms with Crippen molar-refractivity contribution in [2.75, 3.05) is 4.90 Å². The van der Waals surface area contributed by atoms with Crippen LogP contribution in [0, 0.1) is 0 Å². The normalized spacial score (nSPS) is 15.0. The van der Waals surface area contributed by atoms with Crippen molar-refractivity contribution in [3.63, 3.8) is 0 Å². The predicted octanol–water partition coefficient (Wildman–Crippen LogP) is 7.48. The fourth-order valence-corrected chi connectivity index (χ4v) is 4.98. The Morgan fingerprint density at radius 3 is 1.97 bits per heavy atom. The number of hydrogen-bond acceptors (Lipinski definition) is 2. The Bertz CT molecular complexity index is 1450. The SMILES string of the molecule is C=C/C=C1\C(=C)C(C)(C)c2cc(N(c3ccc([B]O)cc3)c3ccc(-c4ccccc4)cc3)ccc21. The molecule has 0 saturated carbocycles. The summed E-state index contributed by atoms with van der Waals surface area (Å²) < 4.78 is 0. The van der Waals surface area contributed by atoms with Gasteiger partial charge in [0.05, 0.1) is 0 Å². The molecule has 1 aliphatic rings. The summed E-state index contributed by atoms with van der Waals surface area (Å²) in [5, 5.41) is 9.44. The molecule has 1 N–H and O–H groups in total. The highest BCUT2D eigenvalue weighted by Crippen LogP contribution is 2.50. The van der Waals surface area contributed by atoms with Gasteiger partial charge in [0.2, 0.25) is 0 Å². The van der Waals surface area contributed by atoms with Gasteiger partial charge in [0.15, 0.2) is 0 Å². The molecule has 0 fully saturated rings. The molecule has 36 heavy (non-hydrogen) atoms. The quantitative estimate of drug-likeness (QED) is 0.298. The van der Waals surface area contributed by atoms with Gasteiger partial charge in [-0.1, -0.05) is 105 Å². The Labute approximate surface area is 214 Å². The van der Waals surface area contributed by atoms with E-state index in [2.05, 4.69) is 105 Å². The molecule has 0 heterocycles. The first-order valence-corrected chi connectivity index (χ1v) is 12.1. The highest BCUT2D eigenvalue weighted by Gasteiger charge is 2.37. The first kappa shape index (κ1) is 23.7. The number of fused-ring (bicyclic) bond motifs is 1. The highest BCUT2D eigenvalue weighted by atomic mass is 16.2. The third-order valence-corrected chi connectivity index (χ3v) is 7.12. The largest absolute Gasteiger partial charge is 0.450 e. The van der Waals surface area contributed by atoms with Gasteiger partial charge < -0.3 is 9.92 Å². The van der Waals surface area contributed by atoms with Gasteiger partial charge in [-0.3, -0.25) is 0 Å². The van der Waals surface area contributed by atoms with E-state index in [1.165, 1.54) is 22.3 Å². The van der Waals surface area contributed by atoms with Crippen LogP contribution < -0.4 is 10.4 Å². The van der Waals surface area contributed by atoms with E-state index in [4.69, 9.17) is 0 Å². The van der Waals surface area contributed by atoms with E-state index in [1.54, 1.807) is 0 Å². The summed E-state index contributed by atoms with van der Waals surface area (Å²) in [6, 6.07) is 33.6. The number of nitrogens with zero attached hydrogens (tertiary/aromatic N) is 1. The van der Waals surface area contributed by atoms with Crippen molar-refractivity contribution >= 4 is 35.6 Å². The zero-order valence-electron chi connectivity index (χ0n) is 20.8. The minimum absolute atomic E-state index is 0.182. The number of allylic oxidation sites excluding steroid dienone is 4. The Morgan fingerprint density at radius 1 is 0.778 bits per heavy atom. The molecule has 4 aromatic rings. The fourth-order valence-electron chi connectivity index (χ4n) is 4.98. The molecule has 2 nitrogen and oxygen atoms in total. The molecule has 0 aliphatic heterocycles. The molecule has 0 bridgehead atoms. The van der Waals surface area contributed by atoms with E-state index >= 15 is 0 Å². The van der Waals surface area contributed by atoms with Crippen LogP contribution in [0.25, 0.3) is 16.7 Å².